The van der Waals surface area contributed by atoms with Crippen molar-refractivity contribution in [3.63, 3.8) is 0 Å². The molecular formula is C31H42N4O2. The van der Waals surface area contributed by atoms with Gasteiger partial charge in [0.25, 0.3) is 0 Å². The third kappa shape index (κ3) is 5.32. The highest BCUT2D eigenvalue weighted by Gasteiger charge is 2.35. The summed E-state index contributed by atoms with van der Waals surface area (Å²) < 4.78 is 8.61. The number of hydrogen-bond acceptors (Lipinski definition) is 4. The van der Waals surface area contributed by atoms with E-state index in [4.69, 9.17) is 9.72 Å². The van der Waals surface area contributed by atoms with Gasteiger partial charge in [-0.25, -0.2) is 4.98 Å². The summed E-state index contributed by atoms with van der Waals surface area (Å²) in [5.74, 6) is 2.18. The lowest BCUT2D eigenvalue weighted by atomic mass is 9.97. The average molecular weight is 503 g/mol. The van der Waals surface area contributed by atoms with Crippen LogP contribution in [0.3, 0.4) is 0 Å². The van der Waals surface area contributed by atoms with Gasteiger partial charge in [-0.05, 0) is 73.1 Å². The van der Waals surface area contributed by atoms with Crippen molar-refractivity contribution in [2.45, 2.75) is 71.9 Å². The Morgan fingerprint density at radius 1 is 1.11 bits per heavy atom. The van der Waals surface area contributed by atoms with Gasteiger partial charge in [0, 0.05) is 44.3 Å². The second-order valence-corrected chi connectivity index (χ2v) is 11.8. The fraction of sp³-hybridized carbons (Fsp3) is 0.548. The zero-order valence-electron chi connectivity index (χ0n) is 23.3. The van der Waals surface area contributed by atoms with Crippen molar-refractivity contribution >= 4 is 22.6 Å². The quantitative estimate of drug-likeness (QED) is 0.448. The number of rotatable bonds is 7. The maximum absolute atomic E-state index is 12.1. The molecule has 2 unspecified atom stereocenters. The highest BCUT2D eigenvalue weighted by molar-refractivity contribution is 5.92. The summed E-state index contributed by atoms with van der Waals surface area (Å²) in [6.45, 7) is 13.5. The number of piperidine rings is 1. The highest BCUT2D eigenvalue weighted by atomic mass is 16.5. The van der Waals surface area contributed by atoms with E-state index >= 15 is 0 Å². The number of carbonyl (C=O) groups is 1. The third-order valence-electron chi connectivity index (χ3n) is 8.16. The average Bonchev–Trinajstić information content (AvgIpc) is 3.44. The largest absolute Gasteiger partial charge is 0.378 e. The lowest BCUT2D eigenvalue weighted by Crippen LogP contribution is -2.47. The number of aromatic nitrogens is 2. The molecule has 6 nitrogen and oxygen atoms in total. The Hall–Kier alpha value is -2.70. The molecule has 0 bridgehead atoms. The zero-order valence-corrected chi connectivity index (χ0v) is 23.3. The number of ether oxygens (including phenoxy) is 1. The summed E-state index contributed by atoms with van der Waals surface area (Å²) in [7, 11) is 1.86. The van der Waals surface area contributed by atoms with E-state index in [1.54, 1.807) is 0 Å². The summed E-state index contributed by atoms with van der Waals surface area (Å²) in [5.41, 5.74) is 7.29. The first kappa shape index (κ1) is 25.9. The Morgan fingerprint density at radius 3 is 2.62 bits per heavy atom. The Kier molecular flexibility index (Phi) is 7.42. The minimum atomic E-state index is -0.0151. The molecule has 1 aromatic heterocycles. The Morgan fingerprint density at radius 2 is 1.89 bits per heavy atom. The molecule has 2 aliphatic rings. The fourth-order valence-corrected chi connectivity index (χ4v) is 6.21. The number of nitrogens with zero attached hydrogens (tertiary/aromatic N) is 3. The second kappa shape index (κ2) is 10.6. The molecule has 3 atom stereocenters. The molecule has 3 aromatic rings. The lowest BCUT2D eigenvalue weighted by Gasteiger charge is -2.40. The van der Waals surface area contributed by atoms with Crippen LogP contribution in [0.5, 0.6) is 0 Å². The SMILES string of the molecule is COC1CN(C[C@@H]2Cc3ccc(NC(=O)C(C)C)cc3C2)CCC1n1c(C(C)C)nc2cc(C)ccc21. The number of amides is 1. The molecule has 1 aliphatic carbocycles. The number of imidazole rings is 1. The number of anilines is 1. The summed E-state index contributed by atoms with van der Waals surface area (Å²) >= 11 is 0. The van der Waals surface area contributed by atoms with Crippen LogP contribution in [-0.4, -0.2) is 53.2 Å². The molecule has 1 amide bonds. The minimum Gasteiger partial charge on any atom is -0.378 e. The summed E-state index contributed by atoms with van der Waals surface area (Å²) in [4.78, 5) is 19.8. The van der Waals surface area contributed by atoms with Crippen molar-refractivity contribution in [1.29, 1.82) is 0 Å². The fourth-order valence-electron chi connectivity index (χ4n) is 6.21. The van der Waals surface area contributed by atoms with Gasteiger partial charge in [-0.15, -0.1) is 0 Å². The number of carbonyl (C=O) groups excluding carboxylic acids is 1. The van der Waals surface area contributed by atoms with E-state index in [0.717, 1.165) is 55.9 Å². The molecule has 2 aromatic carbocycles. The summed E-state index contributed by atoms with van der Waals surface area (Å²) in [6.07, 6.45) is 3.37. The first-order valence-corrected chi connectivity index (χ1v) is 13.9. The molecule has 6 heteroatoms. The number of methoxy groups -OCH3 is 1. The molecule has 2 heterocycles. The predicted octanol–water partition coefficient (Wildman–Crippen LogP) is 5.74. The van der Waals surface area contributed by atoms with Crippen LogP contribution in [0, 0.1) is 18.8 Å². The Bertz CT molecular complexity index is 1280. The predicted molar refractivity (Wildman–Crippen MR) is 150 cm³/mol. The maximum atomic E-state index is 12.1. The zero-order chi connectivity index (χ0) is 26.3. The van der Waals surface area contributed by atoms with Crippen LogP contribution in [0.1, 0.15) is 68.6 Å². The first-order chi connectivity index (χ1) is 17.7. The molecule has 198 valence electrons. The molecule has 37 heavy (non-hydrogen) atoms. The standard InChI is InChI=1S/C31H42N4O2/c1-19(2)30-33-26-13-21(5)7-10-27(26)35(30)28-11-12-34(18-29(28)37-6)17-22-14-23-8-9-25(16-24(23)15-22)32-31(36)20(3)4/h7-10,13,16,19-20,22,28-29H,11-12,14-15,17-18H2,1-6H3,(H,32,36)/t22-,28?,29?/m1/s1. The van der Waals surface area contributed by atoms with E-state index in [9.17, 15) is 4.79 Å². The number of hydrogen-bond donors (Lipinski definition) is 1. The van der Waals surface area contributed by atoms with E-state index in [-0.39, 0.29) is 17.9 Å². The second-order valence-electron chi connectivity index (χ2n) is 11.8. The van der Waals surface area contributed by atoms with Crippen molar-refractivity contribution in [2.24, 2.45) is 11.8 Å². The Balaban J connectivity index is 1.27. The van der Waals surface area contributed by atoms with Crippen molar-refractivity contribution in [3.05, 3.63) is 58.9 Å². The van der Waals surface area contributed by atoms with Crippen LogP contribution >= 0.6 is 0 Å². The number of nitrogens with one attached hydrogen (secondary N) is 1. The molecule has 5 rings (SSSR count). The normalized spacial score (nSPS) is 22.2. The van der Waals surface area contributed by atoms with E-state index in [1.165, 1.54) is 22.2 Å². The van der Waals surface area contributed by atoms with Crippen LogP contribution in [0.25, 0.3) is 11.0 Å². The van der Waals surface area contributed by atoms with E-state index in [1.807, 2.05) is 21.0 Å². The van der Waals surface area contributed by atoms with Gasteiger partial charge in [0.05, 0.1) is 23.2 Å². The van der Waals surface area contributed by atoms with Crippen LogP contribution < -0.4 is 5.32 Å². The van der Waals surface area contributed by atoms with Gasteiger partial charge >= 0.3 is 0 Å². The van der Waals surface area contributed by atoms with Crippen LogP contribution in [-0.2, 0) is 22.4 Å². The third-order valence-corrected chi connectivity index (χ3v) is 8.16. The molecule has 1 saturated heterocycles. The van der Waals surface area contributed by atoms with Crippen LogP contribution in [0.15, 0.2) is 36.4 Å². The Labute approximate surface area is 221 Å². The van der Waals surface area contributed by atoms with Crippen LogP contribution in [0.4, 0.5) is 5.69 Å². The highest BCUT2D eigenvalue weighted by Crippen LogP contribution is 2.35. The molecule has 0 saturated carbocycles. The van der Waals surface area contributed by atoms with Crippen molar-refractivity contribution in [3.8, 4) is 0 Å². The van der Waals surface area contributed by atoms with Gasteiger partial charge in [0.2, 0.25) is 5.91 Å². The minimum absolute atomic E-state index is 0.0151. The van der Waals surface area contributed by atoms with Crippen molar-refractivity contribution < 1.29 is 9.53 Å². The van der Waals surface area contributed by atoms with E-state index in [0.29, 0.717) is 17.9 Å². The van der Waals surface area contributed by atoms with Gasteiger partial charge in [0.15, 0.2) is 0 Å². The van der Waals surface area contributed by atoms with Gasteiger partial charge in [-0.1, -0.05) is 39.8 Å². The molecule has 1 N–H and O–H groups in total. The number of aryl methyl sites for hydroxylation is 1. The first-order valence-electron chi connectivity index (χ1n) is 13.9. The van der Waals surface area contributed by atoms with E-state index < -0.39 is 0 Å². The topological polar surface area (TPSA) is 59.4 Å². The number of likely N-dealkylation sites (tertiary alicyclic amines) is 1. The van der Waals surface area contributed by atoms with Crippen LogP contribution in [0.2, 0.25) is 0 Å². The lowest BCUT2D eigenvalue weighted by molar-refractivity contribution is -0.118. The van der Waals surface area contributed by atoms with Gasteiger partial charge in [-0.2, -0.15) is 0 Å². The summed E-state index contributed by atoms with van der Waals surface area (Å²) in [6, 6.07) is 13.4. The summed E-state index contributed by atoms with van der Waals surface area (Å²) in [5, 5.41) is 3.05. The molecule has 1 aliphatic heterocycles. The number of benzene rings is 2. The molecule has 1 fully saturated rings. The van der Waals surface area contributed by atoms with Gasteiger partial charge in [-0.3, -0.25) is 4.79 Å². The molecule has 0 radical (unpaired) electrons. The number of fused-ring (bicyclic) bond motifs is 2. The smallest absolute Gasteiger partial charge is 0.226 e. The molecular weight excluding hydrogens is 460 g/mol. The van der Waals surface area contributed by atoms with Crippen molar-refractivity contribution in [1.82, 2.24) is 14.5 Å². The maximum Gasteiger partial charge on any atom is 0.226 e. The monoisotopic (exact) mass is 502 g/mol. The molecule has 0 spiro atoms. The van der Waals surface area contributed by atoms with Gasteiger partial charge in [0.1, 0.15) is 5.82 Å². The van der Waals surface area contributed by atoms with E-state index in [2.05, 4.69) is 72.0 Å². The van der Waals surface area contributed by atoms with Crippen molar-refractivity contribution in [2.75, 3.05) is 32.1 Å². The van der Waals surface area contributed by atoms with Gasteiger partial charge < -0.3 is 19.5 Å².